The predicted molar refractivity (Wildman–Crippen MR) is 81.1 cm³/mol. The Kier molecular flexibility index (Phi) is 5.12. The highest BCUT2D eigenvalue weighted by Crippen LogP contribution is 2.23. The van der Waals surface area contributed by atoms with E-state index in [1.807, 2.05) is 37.4 Å². The van der Waals surface area contributed by atoms with Crippen molar-refractivity contribution in [2.24, 2.45) is 5.73 Å². The third kappa shape index (κ3) is 3.57. The zero-order valence-electron chi connectivity index (χ0n) is 11.4. The lowest BCUT2D eigenvalue weighted by Crippen LogP contribution is -2.30. The highest BCUT2D eigenvalue weighted by atomic mass is 35.5. The Morgan fingerprint density at radius 2 is 1.95 bits per heavy atom. The van der Waals surface area contributed by atoms with Crippen molar-refractivity contribution < 1.29 is 4.39 Å². The molecule has 106 valence electrons. The summed E-state index contributed by atoms with van der Waals surface area (Å²) in [5.41, 5.74) is 7.76. The second-order valence-corrected chi connectivity index (χ2v) is 5.22. The topological polar surface area (TPSA) is 29.3 Å². The first-order valence-corrected chi connectivity index (χ1v) is 6.89. The van der Waals surface area contributed by atoms with Gasteiger partial charge >= 0.3 is 0 Å². The maximum Gasteiger partial charge on any atom is 0.123 e. The Morgan fingerprint density at radius 3 is 2.60 bits per heavy atom. The van der Waals surface area contributed by atoms with Crippen LogP contribution in [0.3, 0.4) is 0 Å². The van der Waals surface area contributed by atoms with Crippen LogP contribution in [0.2, 0.25) is 5.02 Å². The highest BCUT2D eigenvalue weighted by molar-refractivity contribution is 6.31. The number of nitrogens with two attached hydrogens (primary N) is 1. The lowest BCUT2D eigenvalue weighted by Gasteiger charge is -2.27. The lowest BCUT2D eigenvalue weighted by atomic mass is 10.0. The Balaban J connectivity index is 2.17. The number of nitrogens with zero attached hydrogens (tertiary/aromatic N) is 1. The van der Waals surface area contributed by atoms with Gasteiger partial charge in [0.05, 0.1) is 0 Å². The third-order valence-electron chi connectivity index (χ3n) is 3.37. The van der Waals surface area contributed by atoms with Gasteiger partial charge in [0.2, 0.25) is 0 Å². The summed E-state index contributed by atoms with van der Waals surface area (Å²) in [5.74, 6) is -0.243. The summed E-state index contributed by atoms with van der Waals surface area (Å²) in [6.45, 7) is 1.09. The monoisotopic (exact) mass is 292 g/mol. The van der Waals surface area contributed by atoms with E-state index in [9.17, 15) is 4.39 Å². The zero-order valence-corrected chi connectivity index (χ0v) is 12.1. The van der Waals surface area contributed by atoms with E-state index in [-0.39, 0.29) is 11.9 Å². The summed E-state index contributed by atoms with van der Waals surface area (Å²) in [6.07, 6.45) is 0. The van der Waals surface area contributed by atoms with Gasteiger partial charge in [0.15, 0.2) is 0 Å². The first-order valence-electron chi connectivity index (χ1n) is 6.51. The number of benzene rings is 2. The van der Waals surface area contributed by atoms with E-state index in [0.29, 0.717) is 13.1 Å². The first-order chi connectivity index (χ1) is 9.61. The van der Waals surface area contributed by atoms with E-state index in [4.69, 9.17) is 17.3 Å². The minimum atomic E-state index is -0.243. The SMILES string of the molecule is CN(Cc1ccccc1Cl)C(CN)c1cccc(F)c1. The fourth-order valence-corrected chi connectivity index (χ4v) is 2.49. The Morgan fingerprint density at radius 1 is 1.20 bits per heavy atom. The first kappa shape index (κ1) is 15.0. The smallest absolute Gasteiger partial charge is 0.123 e. The van der Waals surface area contributed by atoms with Crippen LogP contribution in [0.4, 0.5) is 4.39 Å². The molecule has 0 aromatic heterocycles. The van der Waals surface area contributed by atoms with Crippen LogP contribution >= 0.6 is 11.6 Å². The van der Waals surface area contributed by atoms with Crippen LogP contribution in [-0.2, 0) is 6.54 Å². The summed E-state index contributed by atoms with van der Waals surface area (Å²) >= 11 is 6.17. The molecule has 0 saturated heterocycles. The maximum atomic E-state index is 13.3. The molecule has 0 saturated carbocycles. The summed E-state index contributed by atoms with van der Waals surface area (Å²) in [5, 5.41) is 0.731. The minimum absolute atomic E-state index is 0.0398. The van der Waals surface area contributed by atoms with Crippen molar-refractivity contribution in [3.63, 3.8) is 0 Å². The van der Waals surface area contributed by atoms with Gasteiger partial charge in [-0.2, -0.15) is 0 Å². The van der Waals surface area contributed by atoms with Crippen molar-refractivity contribution in [3.05, 3.63) is 70.5 Å². The van der Waals surface area contributed by atoms with Crippen LogP contribution in [0.5, 0.6) is 0 Å². The van der Waals surface area contributed by atoms with Crippen molar-refractivity contribution in [1.29, 1.82) is 0 Å². The predicted octanol–water partition coefficient (Wildman–Crippen LogP) is 3.61. The highest BCUT2D eigenvalue weighted by Gasteiger charge is 2.17. The summed E-state index contributed by atoms with van der Waals surface area (Å²) in [7, 11) is 1.96. The molecule has 0 bridgehead atoms. The quantitative estimate of drug-likeness (QED) is 0.912. The average molecular weight is 293 g/mol. The molecule has 0 radical (unpaired) electrons. The number of halogens is 2. The van der Waals surface area contributed by atoms with Crippen molar-refractivity contribution in [1.82, 2.24) is 4.90 Å². The molecule has 20 heavy (non-hydrogen) atoms. The van der Waals surface area contributed by atoms with Crippen LogP contribution in [-0.4, -0.2) is 18.5 Å². The molecule has 2 rings (SSSR count). The Bertz CT molecular complexity index is 574. The van der Waals surface area contributed by atoms with Gasteiger partial charge in [-0.3, -0.25) is 4.90 Å². The molecule has 0 aliphatic carbocycles. The van der Waals surface area contributed by atoms with E-state index < -0.39 is 0 Å². The molecule has 1 atom stereocenters. The average Bonchev–Trinajstić information content (AvgIpc) is 2.42. The summed E-state index contributed by atoms with van der Waals surface area (Å²) in [4.78, 5) is 2.08. The number of hydrogen-bond donors (Lipinski definition) is 1. The molecule has 0 fully saturated rings. The second-order valence-electron chi connectivity index (χ2n) is 4.81. The van der Waals surface area contributed by atoms with E-state index in [2.05, 4.69) is 4.90 Å². The lowest BCUT2D eigenvalue weighted by molar-refractivity contribution is 0.241. The van der Waals surface area contributed by atoms with Gasteiger partial charge in [-0.25, -0.2) is 4.39 Å². The van der Waals surface area contributed by atoms with Crippen LogP contribution < -0.4 is 5.73 Å². The second kappa shape index (κ2) is 6.84. The molecule has 2 N–H and O–H groups in total. The molecule has 0 aliphatic heterocycles. The van der Waals surface area contributed by atoms with Crippen LogP contribution in [0.15, 0.2) is 48.5 Å². The fraction of sp³-hybridized carbons (Fsp3) is 0.250. The molecular formula is C16H18ClFN2. The van der Waals surface area contributed by atoms with Gasteiger partial charge in [0.25, 0.3) is 0 Å². The van der Waals surface area contributed by atoms with Gasteiger partial charge in [0, 0.05) is 24.2 Å². The fourth-order valence-electron chi connectivity index (χ4n) is 2.29. The standard InChI is InChI=1S/C16H18ClFN2/c1-20(11-13-5-2-3-8-15(13)17)16(10-19)12-6-4-7-14(18)9-12/h2-9,16H,10-11,19H2,1H3. The largest absolute Gasteiger partial charge is 0.329 e. The summed E-state index contributed by atoms with van der Waals surface area (Å²) in [6, 6.07) is 14.2. The Hall–Kier alpha value is -1.42. The van der Waals surface area contributed by atoms with E-state index in [1.54, 1.807) is 6.07 Å². The number of likely N-dealkylation sites (N-methyl/N-ethyl adjacent to an activating group) is 1. The minimum Gasteiger partial charge on any atom is -0.329 e. The van der Waals surface area contributed by atoms with Gasteiger partial charge in [-0.15, -0.1) is 0 Å². The van der Waals surface area contributed by atoms with Gasteiger partial charge in [-0.1, -0.05) is 41.9 Å². The molecule has 0 amide bonds. The molecule has 0 spiro atoms. The molecule has 2 aromatic carbocycles. The van der Waals surface area contributed by atoms with Gasteiger partial charge in [0.1, 0.15) is 5.82 Å². The maximum absolute atomic E-state index is 13.3. The van der Waals surface area contributed by atoms with Gasteiger partial charge in [-0.05, 0) is 36.4 Å². The third-order valence-corrected chi connectivity index (χ3v) is 3.74. The molecule has 0 aliphatic rings. The number of rotatable bonds is 5. The Labute approximate surface area is 124 Å². The zero-order chi connectivity index (χ0) is 14.5. The van der Waals surface area contributed by atoms with E-state index in [0.717, 1.165) is 16.1 Å². The summed E-state index contributed by atoms with van der Waals surface area (Å²) < 4.78 is 13.3. The van der Waals surface area contributed by atoms with Crippen molar-refractivity contribution in [3.8, 4) is 0 Å². The van der Waals surface area contributed by atoms with E-state index >= 15 is 0 Å². The normalized spacial score (nSPS) is 12.7. The number of hydrogen-bond acceptors (Lipinski definition) is 2. The molecule has 2 nitrogen and oxygen atoms in total. The molecule has 4 heteroatoms. The van der Waals surface area contributed by atoms with Crippen LogP contribution in [0, 0.1) is 5.82 Å². The van der Waals surface area contributed by atoms with Crippen molar-refractivity contribution >= 4 is 11.6 Å². The molecular weight excluding hydrogens is 275 g/mol. The van der Waals surface area contributed by atoms with Crippen molar-refractivity contribution in [2.45, 2.75) is 12.6 Å². The van der Waals surface area contributed by atoms with Crippen LogP contribution in [0.25, 0.3) is 0 Å². The van der Waals surface area contributed by atoms with Crippen molar-refractivity contribution in [2.75, 3.05) is 13.6 Å². The molecule has 2 aromatic rings. The van der Waals surface area contributed by atoms with Gasteiger partial charge < -0.3 is 5.73 Å². The molecule has 0 heterocycles. The molecule has 1 unspecified atom stereocenters. The van der Waals surface area contributed by atoms with Crippen LogP contribution in [0.1, 0.15) is 17.2 Å². The van der Waals surface area contributed by atoms with E-state index in [1.165, 1.54) is 12.1 Å².